The van der Waals surface area contributed by atoms with E-state index in [1.54, 1.807) is 12.1 Å². The lowest BCUT2D eigenvalue weighted by Crippen LogP contribution is -2.26. The minimum absolute atomic E-state index is 0.0862. The van der Waals surface area contributed by atoms with Crippen molar-refractivity contribution in [1.82, 2.24) is 9.71 Å². The average Bonchev–Trinajstić information content (AvgIpc) is 3.08. The lowest BCUT2D eigenvalue weighted by molar-refractivity contribution is 0.575. The third-order valence-electron chi connectivity index (χ3n) is 5.55. The monoisotopic (exact) mass is 418 g/mol. The van der Waals surface area contributed by atoms with Gasteiger partial charge in [-0.1, -0.05) is 66.2 Å². The summed E-state index contributed by atoms with van der Waals surface area (Å²) in [5.41, 5.74) is 5.66. The number of H-pyrrole nitrogens is 1. The van der Waals surface area contributed by atoms with Crippen LogP contribution < -0.4 is 4.72 Å². The van der Waals surface area contributed by atoms with Crippen molar-refractivity contribution < 1.29 is 8.42 Å². The van der Waals surface area contributed by atoms with Gasteiger partial charge in [-0.05, 0) is 49.6 Å². The number of aryl methyl sites for hydroxylation is 2. The maximum absolute atomic E-state index is 12.7. The second-order valence-corrected chi connectivity index (χ2v) is 9.44. The van der Waals surface area contributed by atoms with Crippen LogP contribution in [0, 0.1) is 13.8 Å². The molecule has 1 unspecified atom stereocenters. The van der Waals surface area contributed by atoms with Gasteiger partial charge in [-0.15, -0.1) is 0 Å². The molecule has 4 nitrogen and oxygen atoms in total. The Kier molecular flexibility index (Phi) is 5.75. The maximum atomic E-state index is 12.7. The lowest BCUT2D eigenvalue weighted by Gasteiger charge is -2.19. The molecule has 0 aliphatic heterocycles. The van der Waals surface area contributed by atoms with Gasteiger partial charge in [0.1, 0.15) is 0 Å². The van der Waals surface area contributed by atoms with Crippen LogP contribution in [0.5, 0.6) is 0 Å². The number of sulfonamides is 1. The van der Waals surface area contributed by atoms with Crippen LogP contribution >= 0.6 is 0 Å². The molecule has 4 rings (SSSR count). The Morgan fingerprint density at radius 3 is 2.27 bits per heavy atom. The largest absolute Gasteiger partial charge is 0.358 e. The van der Waals surface area contributed by atoms with Crippen LogP contribution in [0.2, 0.25) is 0 Å². The Bertz CT molecular complexity index is 1240. The van der Waals surface area contributed by atoms with Gasteiger partial charge in [0.2, 0.25) is 10.0 Å². The maximum Gasteiger partial charge on any atom is 0.240 e. The van der Waals surface area contributed by atoms with Crippen LogP contribution in [0.3, 0.4) is 0 Å². The Labute approximate surface area is 178 Å². The zero-order valence-corrected chi connectivity index (χ0v) is 18.0. The highest BCUT2D eigenvalue weighted by molar-refractivity contribution is 7.89. The highest BCUT2D eigenvalue weighted by atomic mass is 32.2. The summed E-state index contributed by atoms with van der Waals surface area (Å²) >= 11 is 0. The quantitative estimate of drug-likeness (QED) is 0.429. The normalized spacial score (nSPS) is 12.9. The molecule has 2 N–H and O–H groups in total. The molecule has 154 valence electrons. The number of nitrogens with one attached hydrogen (secondary N) is 2. The molecule has 0 fully saturated rings. The van der Waals surface area contributed by atoms with Crippen molar-refractivity contribution in [2.24, 2.45) is 0 Å². The first-order valence-corrected chi connectivity index (χ1v) is 11.6. The van der Waals surface area contributed by atoms with Gasteiger partial charge < -0.3 is 4.98 Å². The van der Waals surface area contributed by atoms with Crippen molar-refractivity contribution in [3.63, 3.8) is 0 Å². The van der Waals surface area contributed by atoms with Crippen molar-refractivity contribution >= 4 is 20.9 Å². The van der Waals surface area contributed by atoms with E-state index >= 15 is 0 Å². The minimum Gasteiger partial charge on any atom is -0.358 e. The topological polar surface area (TPSA) is 62.0 Å². The van der Waals surface area contributed by atoms with Crippen molar-refractivity contribution in [1.29, 1.82) is 0 Å². The fraction of sp³-hybridized carbons (Fsp3) is 0.200. The summed E-state index contributed by atoms with van der Waals surface area (Å²) in [5.74, 6) is 0.0862. The number of rotatable bonds is 7. The number of aromatic nitrogens is 1. The Hall–Kier alpha value is -2.89. The molecule has 0 spiro atoms. The summed E-state index contributed by atoms with van der Waals surface area (Å²) < 4.78 is 28.2. The predicted molar refractivity (Wildman–Crippen MR) is 122 cm³/mol. The van der Waals surface area contributed by atoms with E-state index in [-0.39, 0.29) is 5.92 Å². The summed E-state index contributed by atoms with van der Waals surface area (Å²) in [5, 5.41) is 1.19. The third-order valence-corrected chi connectivity index (χ3v) is 7.03. The molecule has 0 saturated carbocycles. The molecule has 5 heteroatoms. The molecule has 0 saturated heterocycles. The van der Waals surface area contributed by atoms with Crippen LogP contribution in [0.4, 0.5) is 0 Å². The molecule has 3 aromatic carbocycles. The fourth-order valence-electron chi connectivity index (χ4n) is 4.05. The second-order valence-electron chi connectivity index (χ2n) is 7.67. The van der Waals surface area contributed by atoms with E-state index in [0.29, 0.717) is 17.9 Å². The summed E-state index contributed by atoms with van der Waals surface area (Å²) in [7, 11) is -3.53. The van der Waals surface area contributed by atoms with Crippen LogP contribution in [0.1, 0.15) is 34.7 Å². The van der Waals surface area contributed by atoms with Crippen molar-refractivity contribution in [2.45, 2.75) is 31.1 Å². The van der Waals surface area contributed by atoms with Gasteiger partial charge in [-0.3, -0.25) is 0 Å². The summed E-state index contributed by atoms with van der Waals surface area (Å²) in [6.07, 6.45) is 0.664. The van der Waals surface area contributed by atoms with E-state index in [1.165, 1.54) is 16.5 Å². The van der Waals surface area contributed by atoms with Gasteiger partial charge in [0.15, 0.2) is 0 Å². The number of para-hydroxylation sites is 1. The smallest absolute Gasteiger partial charge is 0.240 e. The van der Waals surface area contributed by atoms with E-state index in [0.717, 1.165) is 16.8 Å². The highest BCUT2D eigenvalue weighted by Gasteiger charge is 2.22. The molecule has 0 bridgehead atoms. The van der Waals surface area contributed by atoms with E-state index in [9.17, 15) is 8.42 Å². The zero-order valence-electron chi connectivity index (χ0n) is 17.2. The van der Waals surface area contributed by atoms with E-state index < -0.39 is 10.0 Å². The molecule has 1 atom stereocenters. The first kappa shape index (κ1) is 20.4. The molecule has 0 aliphatic carbocycles. The van der Waals surface area contributed by atoms with Crippen LogP contribution in [0.15, 0.2) is 83.8 Å². The summed E-state index contributed by atoms with van der Waals surface area (Å²) in [4.78, 5) is 3.78. The lowest BCUT2D eigenvalue weighted by atomic mass is 9.87. The van der Waals surface area contributed by atoms with Gasteiger partial charge in [-0.2, -0.15) is 0 Å². The minimum atomic E-state index is -3.53. The Balaban J connectivity index is 1.62. The van der Waals surface area contributed by atoms with Gasteiger partial charge in [0.25, 0.3) is 0 Å². The number of benzene rings is 3. The summed E-state index contributed by atoms with van der Waals surface area (Å²) in [6, 6.07) is 25.5. The predicted octanol–water partition coefficient (Wildman–Crippen LogP) is 5.29. The van der Waals surface area contributed by atoms with E-state index in [2.05, 4.69) is 40.9 Å². The Morgan fingerprint density at radius 1 is 0.867 bits per heavy atom. The number of aromatic amines is 1. The highest BCUT2D eigenvalue weighted by Crippen LogP contribution is 2.35. The van der Waals surface area contributed by atoms with Gasteiger partial charge in [-0.25, -0.2) is 13.1 Å². The molecule has 0 amide bonds. The first-order chi connectivity index (χ1) is 14.5. The molecular weight excluding hydrogens is 392 g/mol. The number of hydrogen-bond donors (Lipinski definition) is 2. The van der Waals surface area contributed by atoms with E-state index in [4.69, 9.17) is 0 Å². The average molecular weight is 419 g/mol. The fourth-order valence-corrected chi connectivity index (χ4v) is 5.10. The number of fused-ring (bicyclic) bond motifs is 1. The van der Waals surface area contributed by atoms with E-state index in [1.807, 2.05) is 49.4 Å². The Morgan fingerprint density at radius 2 is 1.53 bits per heavy atom. The molecular formula is C25H26N2O2S. The van der Waals surface area contributed by atoms with Crippen molar-refractivity contribution in [2.75, 3.05) is 6.54 Å². The first-order valence-electron chi connectivity index (χ1n) is 10.1. The van der Waals surface area contributed by atoms with Crippen LogP contribution in [0.25, 0.3) is 10.9 Å². The molecule has 0 radical (unpaired) electrons. The molecule has 30 heavy (non-hydrogen) atoms. The number of hydrogen-bond acceptors (Lipinski definition) is 2. The summed E-state index contributed by atoms with van der Waals surface area (Å²) in [6.45, 7) is 4.38. The third kappa shape index (κ3) is 4.18. The van der Waals surface area contributed by atoms with Crippen molar-refractivity contribution in [3.05, 3.63) is 101 Å². The SMILES string of the molecule is Cc1ccc(S(=O)(=O)NCCC(c2ccccc2)c2c(C)[nH]c3ccccc23)cc1. The van der Waals surface area contributed by atoms with Crippen molar-refractivity contribution in [3.8, 4) is 0 Å². The molecule has 4 aromatic rings. The zero-order chi connectivity index (χ0) is 21.1. The van der Waals surface area contributed by atoms with Crippen LogP contribution in [-0.4, -0.2) is 19.9 Å². The molecule has 1 aromatic heterocycles. The second kappa shape index (κ2) is 8.46. The molecule has 1 heterocycles. The molecule has 0 aliphatic rings. The van der Waals surface area contributed by atoms with Gasteiger partial charge in [0.05, 0.1) is 4.90 Å². The standard InChI is InChI=1S/C25H26N2O2S/c1-18-12-14-21(15-13-18)30(28,29)26-17-16-22(20-8-4-3-5-9-20)25-19(2)27-24-11-7-6-10-23(24)25/h3-15,22,26-27H,16-17H2,1-2H3. The van der Waals surface area contributed by atoms with Gasteiger partial charge >= 0.3 is 0 Å². The van der Waals surface area contributed by atoms with Gasteiger partial charge in [0, 0.05) is 29.1 Å². The van der Waals surface area contributed by atoms with Crippen LogP contribution in [-0.2, 0) is 10.0 Å².